The molecule has 1 aromatic heterocycles. The number of aromatic nitrogens is 2. The first kappa shape index (κ1) is 21.6. The fourth-order valence-electron chi connectivity index (χ4n) is 4.49. The number of nitrogens with zero attached hydrogens (tertiary/aromatic N) is 4. The molecule has 2 fully saturated rings. The van der Waals surface area contributed by atoms with Crippen molar-refractivity contribution in [1.82, 2.24) is 19.9 Å². The summed E-state index contributed by atoms with van der Waals surface area (Å²) in [7, 11) is 3.20. The van der Waals surface area contributed by atoms with Crippen LogP contribution < -0.4 is 9.47 Å². The van der Waals surface area contributed by atoms with Crippen LogP contribution in [0.25, 0.3) is 11.4 Å². The van der Waals surface area contributed by atoms with Crippen molar-refractivity contribution < 1.29 is 18.8 Å². The first-order chi connectivity index (χ1) is 15.1. The van der Waals surface area contributed by atoms with Crippen molar-refractivity contribution in [3.05, 3.63) is 24.1 Å². The van der Waals surface area contributed by atoms with Gasteiger partial charge in [0.1, 0.15) is 0 Å². The average Bonchev–Trinajstić information content (AvgIpc) is 3.27. The number of ether oxygens (including phenoxy) is 2. The number of piperidine rings is 2. The highest BCUT2D eigenvalue weighted by atomic mass is 16.5. The highest BCUT2D eigenvalue weighted by Crippen LogP contribution is 2.31. The van der Waals surface area contributed by atoms with Crippen LogP contribution >= 0.6 is 0 Å². The quantitative estimate of drug-likeness (QED) is 0.699. The Balaban J connectivity index is 1.37. The number of amides is 1. The zero-order valence-corrected chi connectivity index (χ0v) is 18.7. The molecule has 0 spiro atoms. The van der Waals surface area contributed by atoms with Gasteiger partial charge in [0.15, 0.2) is 11.5 Å². The fourth-order valence-corrected chi connectivity index (χ4v) is 4.49. The summed E-state index contributed by atoms with van der Waals surface area (Å²) in [5.74, 6) is 3.46. The standard InChI is InChI=1S/C23H32N4O4/c1-16-8-11-27(12-9-16)23(28)18-5-4-10-26(14-18)15-21-24-22(25-31-21)17-6-7-19(29-2)20(13-17)30-3/h6-7,13,16,18H,4-5,8-12,14-15H2,1-3H3. The number of benzene rings is 1. The summed E-state index contributed by atoms with van der Waals surface area (Å²) in [5.41, 5.74) is 0.804. The van der Waals surface area contributed by atoms with Crippen molar-refractivity contribution >= 4 is 5.91 Å². The van der Waals surface area contributed by atoms with Crippen LogP contribution in [-0.2, 0) is 11.3 Å². The van der Waals surface area contributed by atoms with Crippen LogP contribution in [0.5, 0.6) is 11.5 Å². The highest BCUT2D eigenvalue weighted by molar-refractivity contribution is 5.79. The van der Waals surface area contributed by atoms with Gasteiger partial charge in [0, 0.05) is 25.2 Å². The molecule has 8 nitrogen and oxygen atoms in total. The summed E-state index contributed by atoms with van der Waals surface area (Å²) in [6.07, 6.45) is 4.20. The molecule has 0 saturated carbocycles. The number of hydrogen-bond acceptors (Lipinski definition) is 7. The molecule has 1 amide bonds. The molecule has 1 unspecified atom stereocenters. The Bertz CT molecular complexity index is 891. The molecule has 2 saturated heterocycles. The monoisotopic (exact) mass is 428 g/mol. The lowest BCUT2D eigenvalue weighted by Crippen LogP contribution is -2.46. The normalized spacial score (nSPS) is 20.6. The van der Waals surface area contributed by atoms with Crippen molar-refractivity contribution in [2.24, 2.45) is 11.8 Å². The van der Waals surface area contributed by atoms with E-state index in [0.717, 1.165) is 63.3 Å². The third kappa shape index (κ3) is 5.01. The Morgan fingerprint density at radius 1 is 1.13 bits per heavy atom. The summed E-state index contributed by atoms with van der Waals surface area (Å²) in [5, 5.41) is 4.13. The molecule has 4 rings (SSSR count). The lowest BCUT2D eigenvalue weighted by Gasteiger charge is -2.37. The van der Waals surface area contributed by atoms with Gasteiger partial charge in [-0.1, -0.05) is 12.1 Å². The van der Waals surface area contributed by atoms with Crippen molar-refractivity contribution in [3.63, 3.8) is 0 Å². The maximum Gasteiger partial charge on any atom is 0.241 e. The van der Waals surface area contributed by atoms with Crippen LogP contribution in [0.2, 0.25) is 0 Å². The van der Waals surface area contributed by atoms with E-state index in [0.29, 0.717) is 35.7 Å². The molecule has 8 heteroatoms. The zero-order valence-electron chi connectivity index (χ0n) is 18.7. The summed E-state index contributed by atoms with van der Waals surface area (Å²) < 4.78 is 16.2. The van der Waals surface area contributed by atoms with Gasteiger partial charge in [-0.05, 0) is 56.3 Å². The maximum atomic E-state index is 13.0. The van der Waals surface area contributed by atoms with Crippen molar-refractivity contribution in [3.8, 4) is 22.9 Å². The van der Waals surface area contributed by atoms with Crippen LogP contribution in [0.3, 0.4) is 0 Å². The van der Waals surface area contributed by atoms with Gasteiger partial charge in [-0.25, -0.2) is 0 Å². The van der Waals surface area contributed by atoms with E-state index in [9.17, 15) is 4.79 Å². The predicted molar refractivity (Wildman–Crippen MR) is 116 cm³/mol. The third-order valence-electron chi connectivity index (χ3n) is 6.42. The fraction of sp³-hybridized carbons (Fsp3) is 0.609. The second kappa shape index (κ2) is 9.68. The number of rotatable bonds is 6. The smallest absolute Gasteiger partial charge is 0.241 e. The van der Waals surface area contributed by atoms with Gasteiger partial charge >= 0.3 is 0 Å². The van der Waals surface area contributed by atoms with E-state index < -0.39 is 0 Å². The Morgan fingerprint density at radius 2 is 1.90 bits per heavy atom. The third-order valence-corrected chi connectivity index (χ3v) is 6.42. The first-order valence-electron chi connectivity index (χ1n) is 11.1. The summed E-state index contributed by atoms with van der Waals surface area (Å²) in [4.78, 5) is 21.9. The maximum absolute atomic E-state index is 13.0. The van der Waals surface area contributed by atoms with Crippen molar-refractivity contribution in [2.45, 2.75) is 39.2 Å². The minimum Gasteiger partial charge on any atom is -0.493 e. The number of methoxy groups -OCH3 is 2. The van der Waals surface area contributed by atoms with E-state index in [4.69, 9.17) is 14.0 Å². The minimum absolute atomic E-state index is 0.0652. The molecule has 1 atom stereocenters. The zero-order chi connectivity index (χ0) is 21.8. The molecule has 168 valence electrons. The second-order valence-corrected chi connectivity index (χ2v) is 8.66. The van der Waals surface area contributed by atoms with Crippen molar-refractivity contribution in [1.29, 1.82) is 0 Å². The molecular weight excluding hydrogens is 396 g/mol. The minimum atomic E-state index is 0.0652. The largest absolute Gasteiger partial charge is 0.493 e. The average molecular weight is 429 g/mol. The van der Waals surface area contributed by atoms with Crippen LogP contribution in [0.4, 0.5) is 0 Å². The Morgan fingerprint density at radius 3 is 2.65 bits per heavy atom. The van der Waals surface area contributed by atoms with E-state index in [1.165, 1.54) is 0 Å². The van der Waals surface area contributed by atoms with Gasteiger partial charge in [-0.3, -0.25) is 9.69 Å². The first-order valence-corrected chi connectivity index (χ1v) is 11.1. The van der Waals surface area contributed by atoms with Crippen LogP contribution in [0.15, 0.2) is 22.7 Å². The molecule has 2 aliphatic rings. The number of carbonyl (C=O) groups is 1. The van der Waals surface area contributed by atoms with Gasteiger partial charge < -0.3 is 18.9 Å². The molecule has 2 aliphatic heterocycles. The predicted octanol–water partition coefficient (Wildman–Crippen LogP) is 3.22. The molecule has 0 aliphatic carbocycles. The SMILES string of the molecule is COc1ccc(-c2noc(CN3CCCC(C(=O)N4CCC(C)CC4)C3)n2)cc1OC. The van der Waals surface area contributed by atoms with E-state index in [2.05, 4.69) is 26.9 Å². The highest BCUT2D eigenvalue weighted by Gasteiger charge is 2.31. The van der Waals surface area contributed by atoms with Crippen molar-refractivity contribution in [2.75, 3.05) is 40.4 Å². The van der Waals surface area contributed by atoms with Gasteiger partial charge in [-0.15, -0.1) is 0 Å². The lowest BCUT2D eigenvalue weighted by atomic mass is 9.93. The molecular formula is C23H32N4O4. The molecule has 1 aromatic carbocycles. The molecule has 0 N–H and O–H groups in total. The van der Waals surface area contributed by atoms with Gasteiger partial charge in [0.05, 0.1) is 26.7 Å². The van der Waals surface area contributed by atoms with Gasteiger partial charge in [0.25, 0.3) is 0 Å². The number of carbonyl (C=O) groups excluding carboxylic acids is 1. The van der Waals surface area contributed by atoms with Gasteiger partial charge in [-0.2, -0.15) is 4.98 Å². The topological polar surface area (TPSA) is 80.9 Å². The van der Waals surface area contributed by atoms with E-state index in [-0.39, 0.29) is 5.92 Å². The molecule has 3 heterocycles. The van der Waals surface area contributed by atoms with Crippen LogP contribution in [0, 0.1) is 11.8 Å². The van der Waals surface area contributed by atoms with E-state index >= 15 is 0 Å². The lowest BCUT2D eigenvalue weighted by molar-refractivity contribution is -0.138. The summed E-state index contributed by atoms with van der Waals surface area (Å²) in [6.45, 7) is 6.31. The van der Waals surface area contributed by atoms with Crippen LogP contribution in [0.1, 0.15) is 38.5 Å². The van der Waals surface area contributed by atoms with E-state index in [1.54, 1.807) is 14.2 Å². The van der Waals surface area contributed by atoms with E-state index in [1.807, 2.05) is 18.2 Å². The Kier molecular flexibility index (Phi) is 6.75. The molecule has 0 radical (unpaired) electrons. The summed E-state index contributed by atoms with van der Waals surface area (Å²) in [6, 6.07) is 5.54. The molecule has 0 bridgehead atoms. The summed E-state index contributed by atoms with van der Waals surface area (Å²) >= 11 is 0. The molecule has 31 heavy (non-hydrogen) atoms. The molecule has 2 aromatic rings. The number of hydrogen-bond donors (Lipinski definition) is 0. The van der Waals surface area contributed by atoms with Crippen LogP contribution in [-0.4, -0.2) is 66.2 Å². The Labute approximate surface area is 183 Å². The van der Waals surface area contributed by atoms with Gasteiger partial charge in [0.2, 0.25) is 17.6 Å². The second-order valence-electron chi connectivity index (χ2n) is 8.66. The number of likely N-dealkylation sites (tertiary alicyclic amines) is 2. The Hall–Kier alpha value is -2.61.